The van der Waals surface area contributed by atoms with Crippen LogP contribution < -0.4 is 5.32 Å². The van der Waals surface area contributed by atoms with Gasteiger partial charge in [-0.3, -0.25) is 10.1 Å². The normalized spacial score (nSPS) is 10.3. The van der Waals surface area contributed by atoms with Gasteiger partial charge in [0.25, 0.3) is 5.69 Å². The molecular weight excluding hydrogens is 394 g/mol. The second kappa shape index (κ2) is 9.30. The Labute approximate surface area is 173 Å². The Morgan fingerprint density at radius 2 is 1.50 bits per heavy atom. The van der Waals surface area contributed by atoms with Gasteiger partial charge in [-0.2, -0.15) is 0 Å². The van der Waals surface area contributed by atoms with Crippen molar-refractivity contribution in [3.8, 4) is 0 Å². The third-order valence-electron chi connectivity index (χ3n) is 4.12. The summed E-state index contributed by atoms with van der Waals surface area (Å²) in [7, 11) is 0. The molecule has 7 heteroatoms. The van der Waals surface area contributed by atoms with Crippen LogP contribution in [0.4, 0.5) is 11.4 Å². The number of rotatable bonds is 6. The number of nitro benzene ring substituents is 1. The van der Waals surface area contributed by atoms with E-state index in [2.05, 4.69) is 5.32 Å². The highest BCUT2D eigenvalue weighted by Crippen LogP contribution is 2.27. The number of thiocarbonyl (C=S) groups is 1. The smallest absolute Gasteiger partial charge is 0.271 e. The van der Waals surface area contributed by atoms with Gasteiger partial charge in [0.05, 0.1) is 15.6 Å². The first-order valence-corrected chi connectivity index (χ1v) is 9.39. The molecule has 28 heavy (non-hydrogen) atoms. The molecule has 0 saturated heterocycles. The van der Waals surface area contributed by atoms with E-state index in [1.165, 1.54) is 18.2 Å². The van der Waals surface area contributed by atoms with Crippen LogP contribution in [0, 0.1) is 10.1 Å². The summed E-state index contributed by atoms with van der Waals surface area (Å²) >= 11 is 11.8. The predicted octanol–water partition coefficient (Wildman–Crippen LogP) is 5.65. The molecule has 0 amide bonds. The van der Waals surface area contributed by atoms with Gasteiger partial charge in [0.2, 0.25) is 0 Å². The summed E-state index contributed by atoms with van der Waals surface area (Å²) in [5.41, 5.74) is 2.57. The Kier molecular flexibility index (Phi) is 6.57. The Balaban J connectivity index is 1.83. The Morgan fingerprint density at radius 1 is 0.964 bits per heavy atom. The van der Waals surface area contributed by atoms with Crippen molar-refractivity contribution in [2.75, 3.05) is 5.32 Å². The Bertz CT molecular complexity index is 926. The quantitative estimate of drug-likeness (QED) is 0.323. The highest BCUT2D eigenvalue weighted by atomic mass is 35.5. The summed E-state index contributed by atoms with van der Waals surface area (Å²) in [5, 5.41) is 14.9. The summed E-state index contributed by atoms with van der Waals surface area (Å²) in [6.07, 6.45) is 0. The summed E-state index contributed by atoms with van der Waals surface area (Å²) in [6, 6.07) is 24.2. The minimum Gasteiger partial charge on any atom is -0.340 e. The van der Waals surface area contributed by atoms with Crippen LogP contribution in [-0.2, 0) is 13.1 Å². The monoisotopic (exact) mass is 411 g/mol. The largest absolute Gasteiger partial charge is 0.340 e. The topological polar surface area (TPSA) is 58.4 Å². The molecule has 0 aliphatic carbocycles. The third kappa shape index (κ3) is 5.28. The third-order valence-corrected chi connectivity index (χ3v) is 4.81. The van der Waals surface area contributed by atoms with Gasteiger partial charge < -0.3 is 10.2 Å². The molecule has 5 nitrogen and oxygen atoms in total. The number of nitro groups is 1. The predicted molar refractivity (Wildman–Crippen MR) is 116 cm³/mol. The maximum absolute atomic E-state index is 11.1. The lowest BCUT2D eigenvalue weighted by Crippen LogP contribution is -2.33. The molecule has 0 bridgehead atoms. The molecule has 3 aromatic carbocycles. The average molecular weight is 412 g/mol. The number of nitrogens with one attached hydrogen (secondary N) is 1. The van der Waals surface area contributed by atoms with Crippen molar-refractivity contribution in [1.29, 1.82) is 0 Å². The fourth-order valence-electron chi connectivity index (χ4n) is 2.72. The molecule has 1 N–H and O–H groups in total. The van der Waals surface area contributed by atoms with E-state index in [-0.39, 0.29) is 5.69 Å². The van der Waals surface area contributed by atoms with Gasteiger partial charge in [-0.05, 0) is 29.4 Å². The highest BCUT2D eigenvalue weighted by Gasteiger charge is 2.15. The zero-order chi connectivity index (χ0) is 19.9. The van der Waals surface area contributed by atoms with Gasteiger partial charge in [0.1, 0.15) is 0 Å². The molecule has 0 aromatic heterocycles. The van der Waals surface area contributed by atoms with Crippen molar-refractivity contribution in [3.05, 3.63) is 105 Å². The van der Waals surface area contributed by atoms with Crippen molar-refractivity contribution in [2.24, 2.45) is 0 Å². The van der Waals surface area contributed by atoms with E-state index in [1.807, 2.05) is 65.6 Å². The van der Waals surface area contributed by atoms with Gasteiger partial charge in [0, 0.05) is 25.2 Å². The lowest BCUT2D eigenvalue weighted by Gasteiger charge is -2.26. The van der Waals surface area contributed by atoms with Crippen molar-refractivity contribution < 1.29 is 4.92 Å². The average Bonchev–Trinajstić information content (AvgIpc) is 2.70. The number of anilines is 1. The molecule has 0 saturated carbocycles. The molecule has 0 radical (unpaired) electrons. The first kappa shape index (κ1) is 19.8. The van der Waals surface area contributed by atoms with Crippen LogP contribution in [0.3, 0.4) is 0 Å². The number of hydrogen-bond donors (Lipinski definition) is 1. The van der Waals surface area contributed by atoms with Crippen molar-refractivity contribution in [1.82, 2.24) is 4.90 Å². The zero-order valence-electron chi connectivity index (χ0n) is 14.9. The first-order chi connectivity index (χ1) is 13.5. The summed E-state index contributed by atoms with van der Waals surface area (Å²) in [4.78, 5) is 12.6. The number of non-ortho nitro benzene ring substituents is 1. The van der Waals surface area contributed by atoms with E-state index >= 15 is 0 Å². The summed E-state index contributed by atoms with van der Waals surface area (Å²) in [5.74, 6) is 0. The van der Waals surface area contributed by atoms with E-state index in [1.54, 1.807) is 0 Å². The molecule has 0 aliphatic rings. The van der Waals surface area contributed by atoms with Crippen molar-refractivity contribution >= 4 is 40.3 Å². The zero-order valence-corrected chi connectivity index (χ0v) is 16.5. The second-order valence-corrected chi connectivity index (χ2v) is 6.97. The van der Waals surface area contributed by atoms with Crippen LogP contribution in [-0.4, -0.2) is 14.9 Å². The minimum atomic E-state index is -0.462. The van der Waals surface area contributed by atoms with Gasteiger partial charge in [0.15, 0.2) is 5.11 Å². The molecule has 0 spiro atoms. The van der Waals surface area contributed by atoms with Crippen molar-refractivity contribution in [3.63, 3.8) is 0 Å². The molecule has 0 fully saturated rings. The fraction of sp³-hybridized carbons (Fsp3) is 0.0952. The van der Waals surface area contributed by atoms with Crippen LogP contribution in [0.25, 0.3) is 0 Å². The van der Waals surface area contributed by atoms with E-state index in [0.717, 1.165) is 11.1 Å². The maximum atomic E-state index is 11.1. The SMILES string of the molecule is O=[N+]([O-])c1ccc(Cl)c(NC(=S)N(Cc2ccccc2)Cc2ccccc2)c1. The van der Waals surface area contributed by atoms with Crippen LogP contribution >= 0.6 is 23.8 Å². The van der Waals surface area contributed by atoms with E-state index < -0.39 is 4.92 Å². The van der Waals surface area contributed by atoms with Gasteiger partial charge in [-0.25, -0.2) is 0 Å². The van der Waals surface area contributed by atoms with Gasteiger partial charge in [-0.15, -0.1) is 0 Å². The molecule has 0 atom stereocenters. The van der Waals surface area contributed by atoms with E-state index in [0.29, 0.717) is 28.9 Å². The lowest BCUT2D eigenvalue weighted by atomic mass is 10.2. The molecular formula is C21H18ClN3O2S. The molecule has 142 valence electrons. The number of nitrogens with zero attached hydrogens (tertiary/aromatic N) is 2. The lowest BCUT2D eigenvalue weighted by molar-refractivity contribution is -0.384. The molecule has 0 aliphatic heterocycles. The number of benzene rings is 3. The molecule has 0 heterocycles. The van der Waals surface area contributed by atoms with Crippen LogP contribution in [0.15, 0.2) is 78.9 Å². The van der Waals surface area contributed by atoms with Crippen molar-refractivity contribution in [2.45, 2.75) is 13.1 Å². The number of hydrogen-bond acceptors (Lipinski definition) is 3. The van der Waals surface area contributed by atoms with E-state index in [9.17, 15) is 10.1 Å². The van der Waals surface area contributed by atoms with Crippen LogP contribution in [0.5, 0.6) is 0 Å². The Hall–Kier alpha value is -2.96. The van der Waals surface area contributed by atoms with E-state index in [4.69, 9.17) is 23.8 Å². The second-order valence-electron chi connectivity index (χ2n) is 6.18. The minimum absolute atomic E-state index is 0.0487. The number of halogens is 1. The van der Waals surface area contributed by atoms with Crippen LogP contribution in [0.1, 0.15) is 11.1 Å². The molecule has 3 aromatic rings. The van der Waals surface area contributed by atoms with Crippen LogP contribution in [0.2, 0.25) is 5.02 Å². The molecule has 0 unspecified atom stereocenters. The highest BCUT2D eigenvalue weighted by molar-refractivity contribution is 7.80. The first-order valence-electron chi connectivity index (χ1n) is 8.60. The Morgan fingerprint density at radius 3 is 2.00 bits per heavy atom. The fourth-order valence-corrected chi connectivity index (χ4v) is 3.13. The summed E-state index contributed by atoms with van der Waals surface area (Å²) in [6.45, 7) is 1.18. The summed E-state index contributed by atoms with van der Waals surface area (Å²) < 4.78 is 0. The standard InChI is InChI=1S/C21H18ClN3O2S/c22-19-12-11-18(25(26)27)13-20(19)23-21(28)24(14-16-7-3-1-4-8-16)15-17-9-5-2-6-10-17/h1-13H,14-15H2,(H,23,28). The van der Waals surface area contributed by atoms with Gasteiger partial charge >= 0.3 is 0 Å². The van der Waals surface area contributed by atoms with Gasteiger partial charge in [-0.1, -0.05) is 72.3 Å². The maximum Gasteiger partial charge on any atom is 0.271 e. The molecule has 3 rings (SSSR count).